The lowest BCUT2D eigenvalue weighted by Gasteiger charge is -2.13. The van der Waals surface area contributed by atoms with Crippen LogP contribution in [-0.2, 0) is 9.53 Å². The lowest BCUT2D eigenvalue weighted by atomic mass is 10.1. The highest BCUT2D eigenvalue weighted by atomic mass is 16.7. The smallest absolute Gasteiger partial charge is 0.326 e. The van der Waals surface area contributed by atoms with Crippen LogP contribution in [0.15, 0.2) is 42.5 Å². The van der Waals surface area contributed by atoms with E-state index in [2.05, 4.69) is 5.32 Å². The number of amides is 1. The summed E-state index contributed by atoms with van der Waals surface area (Å²) in [5.41, 5.74) is 1.82. The van der Waals surface area contributed by atoms with Gasteiger partial charge < -0.3 is 19.5 Å². The number of esters is 1. The van der Waals surface area contributed by atoms with Gasteiger partial charge in [-0.15, -0.1) is 0 Å². The maximum atomic E-state index is 12.3. The van der Waals surface area contributed by atoms with Crippen LogP contribution in [0.3, 0.4) is 0 Å². The number of benzene rings is 2. The maximum Gasteiger partial charge on any atom is 0.326 e. The van der Waals surface area contributed by atoms with Gasteiger partial charge in [0.05, 0.1) is 0 Å². The molecule has 0 radical (unpaired) electrons. The third-order valence-electron chi connectivity index (χ3n) is 4.04. The molecule has 0 aromatic heterocycles. The van der Waals surface area contributed by atoms with Crippen molar-refractivity contribution in [3.8, 4) is 11.5 Å². The number of hydrogen-bond donors (Lipinski definition) is 1. The van der Waals surface area contributed by atoms with Crippen molar-refractivity contribution in [3.63, 3.8) is 0 Å². The Kier molecular flexibility index (Phi) is 5.40. The van der Waals surface area contributed by atoms with Gasteiger partial charge in [-0.05, 0) is 32.0 Å². The van der Waals surface area contributed by atoms with Crippen molar-refractivity contribution in [3.05, 3.63) is 59.2 Å². The summed E-state index contributed by atoms with van der Waals surface area (Å²) < 4.78 is 15.5. The molecule has 1 aliphatic rings. The van der Waals surface area contributed by atoms with Crippen LogP contribution in [-0.4, -0.2) is 37.1 Å². The number of ether oxygens (including phenoxy) is 3. The average Bonchev–Trinajstić information content (AvgIpc) is 3.13. The summed E-state index contributed by atoms with van der Waals surface area (Å²) in [4.78, 5) is 36.3. The normalized spacial score (nSPS) is 13.0. The van der Waals surface area contributed by atoms with E-state index >= 15 is 0 Å². The Labute approximate surface area is 156 Å². The molecule has 140 valence electrons. The van der Waals surface area contributed by atoms with E-state index < -0.39 is 18.0 Å². The molecule has 1 atom stereocenters. The van der Waals surface area contributed by atoms with E-state index in [9.17, 15) is 14.4 Å². The van der Waals surface area contributed by atoms with Crippen LogP contribution in [0.5, 0.6) is 11.5 Å². The van der Waals surface area contributed by atoms with Crippen LogP contribution in [0.4, 0.5) is 0 Å². The van der Waals surface area contributed by atoms with Crippen molar-refractivity contribution >= 4 is 17.7 Å². The van der Waals surface area contributed by atoms with Crippen molar-refractivity contribution in [1.29, 1.82) is 0 Å². The molecule has 0 unspecified atom stereocenters. The zero-order valence-corrected chi connectivity index (χ0v) is 15.0. The minimum atomic E-state index is -0.942. The molecule has 1 amide bonds. The van der Waals surface area contributed by atoms with Crippen molar-refractivity contribution in [2.75, 3.05) is 13.3 Å². The molecule has 0 saturated heterocycles. The van der Waals surface area contributed by atoms with E-state index in [1.54, 1.807) is 24.3 Å². The van der Waals surface area contributed by atoms with Crippen LogP contribution in [0.1, 0.15) is 33.2 Å². The van der Waals surface area contributed by atoms with E-state index in [0.717, 1.165) is 5.56 Å². The number of fused-ring (bicyclic) bond motifs is 1. The van der Waals surface area contributed by atoms with Gasteiger partial charge in [0.1, 0.15) is 6.54 Å². The van der Waals surface area contributed by atoms with Crippen molar-refractivity contribution in [1.82, 2.24) is 5.32 Å². The number of carbonyl (C=O) groups excluding carboxylic acids is 3. The van der Waals surface area contributed by atoms with Crippen molar-refractivity contribution in [2.45, 2.75) is 20.0 Å². The van der Waals surface area contributed by atoms with Crippen LogP contribution in [0, 0.1) is 6.92 Å². The van der Waals surface area contributed by atoms with Gasteiger partial charge in [-0.25, -0.2) is 0 Å². The molecule has 2 aromatic carbocycles. The monoisotopic (exact) mass is 369 g/mol. The van der Waals surface area contributed by atoms with E-state index in [1.807, 2.05) is 19.1 Å². The van der Waals surface area contributed by atoms with E-state index in [4.69, 9.17) is 14.2 Å². The SMILES string of the molecule is Cc1ccc(C(=O)[C@H](C)OC(=O)CNC(=O)c2ccc3c(c2)OCO3)cc1. The summed E-state index contributed by atoms with van der Waals surface area (Å²) in [6.45, 7) is 3.18. The van der Waals surface area contributed by atoms with E-state index in [-0.39, 0.29) is 19.1 Å². The summed E-state index contributed by atoms with van der Waals surface area (Å²) in [7, 11) is 0. The lowest BCUT2D eigenvalue weighted by Crippen LogP contribution is -2.34. The largest absolute Gasteiger partial charge is 0.454 e. The topological polar surface area (TPSA) is 90.9 Å². The molecule has 2 aromatic rings. The summed E-state index contributed by atoms with van der Waals surface area (Å²) in [6.07, 6.45) is -0.942. The number of nitrogens with one attached hydrogen (secondary N) is 1. The van der Waals surface area contributed by atoms with Gasteiger partial charge in [0.15, 0.2) is 17.6 Å². The predicted molar refractivity (Wildman–Crippen MR) is 96.0 cm³/mol. The molecule has 0 bridgehead atoms. The van der Waals surface area contributed by atoms with Crippen LogP contribution in [0.25, 0.3) is 0 Å². The summed E-state index contributed by atoms with van der Waals surface area (Å²) in [5.74, 6) is -0.415. The molecular formula is C20H19NO6. The fraction of sp³-hybridized carbons (Fsp3) is 0.250. The summed E-state index contributed by atoms with van der Waals surface area (Å²) >= 11 is 0. The quantitative estimate of drug-likeness (QED) is 0.620. The number of carbonyl (C=O) groups is 3. The van der Waals surface area contributed by atoms with Gasteiger partial charge in [-0.2, -0.15) is 0 Å². The van der Waals surface area contributed by atoms with Crippen LogP contribution >= 0.6 is 0 Å². The van der Waals surface area contributed by atoms with Gasteiger partial charge in [0.2, 0.25) is 12.6 Å². The molecule has 7 heteroatoms. The number of aryl methyl sites for hydroxylation is 1. The predicted octanol–water partition coefficient (Wildman–Crippen LogP) is 2.27. The zero-order valence-electron chi connectivity index (χ0n) is 15.0. The Morgan fingerprint density at radius 3 is 2.44 bits per heavy atom. The van der Waals surface area contributed by atoms with Gasteiger partial charge in [0, 0.05) is 11.1 Å². The van der Waals surface area contributed by atoms with Crippen molar-refractivity contribution < 1.29 is 28.6 Å². The van der Waals surface area contributed by atoms with Gasteiger partial charge in [-0.1, -0.05) is 29.8 Å². The van der Waals surface area contributed by atoms with Crippen LogP contribution < -0.4 is 14.8 Å². The molecule has 1 heterocycles. The first-order valence-corrected chi connectivity index (χ1v) is 8.42. The second-order valence-electron chi connectivity index (χ2n) is 6.11. The highest BCUT2D eigenvalue weighted by Gasteiger charge is 2.20. The highest BCUT2D eigenvalue weighted by molar-refractivity contribution is 6.00. The third-order valence-corrected chi connectivity index (χ3v) is 4.04. The van der Waals surface area contributed by atoms with E-state index in [1.165, 1.54) is 13.0 Å². The Balaban J connectivity index is 1.50. The van der Waals surface area contributed by atoms with Gasteiger partial charge in [0.25, 0.3) is 5.91 Å². The fourth-order valence-electron chi connectivity index (χ4n) is 2.54. The van der Waals surface area contributed by atoms with Gasteiger partial charge >= 0.3 is 5.97 Å². The minimum Gasteiger partial charge on any atom is -0.454 e. The molecule has 0 spiro atoms. The molecule has 0 fully saturated rings. The van der Waals surface area contributed by atoms with Crippen LogP contribution in [0.2, 0.25) is 0 Å². The molecule has 27 heavy (non-hydrogen) atoms. The molecule has 7 nitrogen and oxygen atoms in total. The molecular weight excluding hydrogens is 350 g/mol. The highest BCUT2D eigenvalue weighted by Crippen LogP contribution is 2.32. The maximum absolute atomic E-state index is 12.3. The number of rotatable bonds is 6. The van der Waals surface area contributed by atoms with Gasteiger partial charge in [-0.3, -0.25) is 14.4 Å². The molecule has 1 aliphatic heterocycles. The number of hydrogen-bond acceptors (Lipinski definition) is 6. The molecule has 0 saturated carbocycles. The Hall–Kier alpha value is -3.35. The average molecular weight is 369 g/mol. The second kappa shape index (κ2) is 7.90. The zero-order chi connectivity index (χ0) is 19.4. The lowest BCUT2D eigenvalue weighted by molar-refractivity contribution is -0.145. The molecule has 3 rings (SSSR count). The summed E-state index contributed by atoms with van der Waals surface area (Å²) in [5, 5.41) is 2.46. The Morgan fingerprint density at radius 1 is 1.04 bits per heavy atom. The number of ketones is 1. The first-order valence-electron chi connectivity index (χ1n) is 8.42. The fourth-order valence-corrected chi connectivity index (χ4v) is 2.54. The Morgan fingerprint density at radius 2 is 1.70 bits per heavy atom. The molecule has 1 N–H and O–H groups in total. The third kappa shape index (κ3) is 4.44. The number of Topliss-reactive ketones (excluding diaryl/α,β-unsaturated/α-hetero) is 1. The summed E-state index contributed by atoms with van der Waals surface area (Å²) in [6, 6.07) is 11.7. The standard InChI is InChI=1S/C20H19NO6/c1-12-3-5-14(6-4-12)19(23)13(2)27-18(22)10-21-20(24)15-7-8-16-17(9-15)26-11-25-16/h3-9,13H,10-11H2,1-2H3,(H,21,24)/t13-/m0/s1. The first-order chi connectivity index (χ1) is 12.9. The second-order valence-corrected chi connectivity index (χ2v) is 6.11. The van der Waals surface area contributed by atoms with E-state index in [0.29, 0.717) is 22.6 Å². The minimum absolute atomic E-state index is 0.111. The Bertz CT molecular complexity index is 875. The first kappa shape index (κ1) is 18.4. The van der Waals surface area contributed by atoms with Crippen molar-refractivity contribution in [2.24, 2.45) is 0 Å². The molecule has 0 aliphatic carbocycles.